The van der Waals surface area contributed by atoms with Crippen molar-refractivity contribution in [1.82, 2.24) is 4.72 Å². The number of benzene rings is 2. The predicted molar refractivity (Wildman–Crippen MR) is 83.3 cm³/mol. The molecular weight excluding hydrogens is 329 g/mol. The van der Waals surface area contributed by atoms with Crippen LogP contribution in [0.25, 0.3) is 0 Å². The van der Waals surface area contributed by atoms with Gasteiger partial charge in [-0.25, -0.2) is 17.5 Å². The molecule has 0 bridgehead atoms. The van der Waals surface area contributed by atoms with Crippen LogP contribution in [0.15, 0.2) is 47.4 Å². The van der Waals surface area contributed by atoms with Gasteiger partial charge < -0.3 is 4.74 Å². The average Bonchev–Trinajstić information content (AvgIpc) is 2.49. The average molecular weight is 344 g/mol. The van der Waals surface area contributed by atoms with Gasteiger partial charge in [0.15, 0.2) is 0 Å². The van der Waals surface area contributed by atoms with Crippen molar-refractivity contribution in [3.8, 4) is 5.75 Å². The molecule has 0 aliphatic heterocycles. The van der Waals surface area contributed by atoms with Gasteiger partial charge in [-0.3, -0.25) is 0 Å². The highest BCUT2D eigenvalue weighted by atomic mass is 35.5. The molecule has 0 atom stereocenters. The first-order valence-electron chi connectivity index (χ1n) is 6.50. The van der Waals surface area contributed by atoms with Crippen LogP contribution in [0.3, 0.4) is 0 Å². The highest BCUT2D eigenvalue weighted by Gasteiger charge is 2.15. The van der Waals surface area contributed by atoms with E-state index in [2.05, 4.69) is 4.72 Å². The summed E-state index contributed by atoms with van der Waals surface area (Å²) < 4.78 is 44.6. The minimum atomic E-state index is -3.65. The molecule has 7 heteroatoms. The second kappa shape index (κ2) is 7.09. The molecule has 118 valence electrons. The Morgan fingerprint density at radius 1 is 1.18 bits per heavy atom. The summed E-state index contributed by atoms with van der Waals surface area (Å²) in [6.07, 6.45) is 0.462. The van der Waals surface area contributed by atoms with E-state index in [9.17, 15) is 12.8 Å². The first kappa shape index (κ1) is 16.7. The fourth-order valence-electron chi connectivity index (χ4n) is 1.88. The van der Waals surface area contributed by atoms with Crippen LogP contribution < -0.4 is 9.46 Å². The Morgan fingerprint density at radius 3 is 2.45 bits per heavy atom. The summed E-state index contributed by atoms with van der Waals surface area (Å²) in [5.41, 5.74) is 0.844. The Balaban J connectivity index is 2.02. The number of hydrogen-bond donors (Lipinski definition) is 1. The Labute approximate surface area is 133 Å². The van der Waals surface area contributed by atoms with Gasteiger partial charge in [0, 0.05) is 6.54 Å². The quantitative estimate of drug-likeness (QED) is 0.877. The summed E-state index contributed by atoms with van der Waals surface area (Å²) in [7, 11) is -2.20. The zero-order valence-corrected chi connectivity index (χ0v) is 13.4. The summed E-state index contributed by atoms with van der Waals surface area (Å²) in [6, 6.07) is 10.2. The van der Waals surface area contributed by atoms with E-state index in [-0.39, 0.29) is 22.3 Å². The largest absolute Gasteiger partial charge is 0.495 e. The Morgan fingerprint density at radius 2 is 1.86 bits per heavy atom. The molecule has 22 heavy (non-hydrogen) atoms. The minimum Gasteiger partial charge on any atom is -0.495 e. The first-order chi connectivity index (χ1) is 10.4. The Kier molecular flexibility index (Phi) is 5.39. The van der Waals surface area contributed by atoms with Crippen LogP contribution in [-0.2, 0) is 16.4 Å². The van der Waals surface area contributed by atoms with Crippen LogP contribution in [-0.4, -0.2) is 22.1 Å². The highest BCUT2D eigenvalue weighted by molar-refractivity contribution is 7.89. The number of rotatable bonds is 6. The fourth-order valence-corrected chi connectivity index (χ4v) is 3.26. The third kappa shape index (κ3) is 4.19. The molecule has 0 aliphatic carbocycles. The third-order valence-corrected chi connectivity index (χ3v) is 4.81. The lowest BCUT2D eigenvalue weighted by atomic mass is 10.1. The summed E-state index contributed by atoms with van der Waals surface area (Å²) in [6.45, 7) is 0.206. The lowest BCUT2D eigenvalue weighted by molar-refractivity contribution is 0.414. The fraction of sp³-hybridized carbons (Fsp3) is 0.200. The van der Waals surface area contributed by atoms with E-state index in [0.29, 0.717) is 12.2 Å². The van der Waals surface area contributed by atoms with Crippen LogP contribution in [0, 0.1) is 5.82 Å². The molecule has 2 aromatic carbocycles. The molecule has 0 saturated heterocycles. The normalized spacial score (nSPS) is 11.4. The van der Waals surface area contributed by atoms with Crippen molar-refractivity contribution in [2.45, 2.75) is 11.3 Å². The van der Waals surface area contributed by atoms with Gasteiger partial charge in [0.25, 0.3) is 0 Å². The van der Waals surface area contributed by atoms with Crippen LogP contribution >= 0.6 is 11.6 Å². The van der Waals surface area contributed by atoms with Crippen LogP contribution in [0.1, 0.15) is 5.56 Å². The van der Waals surface area contributed by atoms with Crippen molar-refractivity contribution >= 4 is 21.6 Å². The number of sulfonamides is 1. The van der Waals surface area contributed by atoms with E-state index in [1.54, 1.807) is 12.1 Å². The minimum absolute atomic E-state index is 0.0670. The standard InChI is InChI=1S/C15H15ClFNO3S/c1-21-15-7-6-13(10-14(15)16)22(19,20)18-9-8-11-2-4-12(17)5-3-11/h2-7,10,18H,8-9H2,1H3. The van der Waals surface area contributed by atoms with E-state index >= 15 is 0 Å². The maximum atomic E-state index is 12.8. The van der Waals surface area contributed by atoms with Gasteiger partial charge in [-0.05, 0) is 42.3 Å². The van der Waals surface area contributed by atoms with E-state index in [1.165, 1.54) is 37.4 Å². The molecule has 0 saturated carbocycles. The van der Waals surface area contributed by atoms with Crippen molar-refractivity contribution < 1.29 is 17.5 Å². The molecule has 0 aromatic heterocycles. The highest BCUT2D eigenvalue weighted by Crippen LogP contribution is 2.26. The molecule has 0 unspecified atom stereocenters. The Bertz CT molecular complexity index is 748. The number of methoxy groups -OCH3 is 1. The summed E-state index contributed by atoms with van der Waals surface area (Å²) in [5, 5.41) is 0.226. The summed E-state index contributed by atoms with van der Waals surface area (Å²) >= 11 is 5.93. The van der Waals surface area contributed by atoms with E-state index in [1.807, 2.05) is 0 Å². The molecule has 0 fully saturated rings. The molecule has 0 heterocycles. The molecule has 2 aromatic rings. The second-order valence-electron chi connectivity index (χ2n) is 4.57. The van der Waals surface area contributed by atoms with E-state index < -0.39 is 10.0 Å². The zero-order chi connectivity index (χ0) is 16.2. The SMILES string of the molecule is COc1ccc(S(=O)(=O)NCCc2ccc(F)cc2)cc1Cl. The van der Waals surface area contributed by atoms with Crippen molar-refractivity contribution in [3.05, 3.63) is 58.9 Å². The topological polar surface area (TPSA) is 55.4 Å². The van der Waals surface area contributed by atoms with Crippen molar-refractivity contribution in [2.24, 2.45) is 0 Å². The lowest BCUT2D eigenvalue weighted by Gasteiger charge is -2.09. The van der Waals surface area contributed by atoms with Gasteiger partial charge in [0.2, 0.25) is 10.0 Å². The molecule has 0 amide bonds. The number of halogens is 2. The third-order valence-electron chi connectivity index (χ3n) is 3.05. The molecule has 4 nitrogen and oxygen atoms in total. The van der Waals surface area contributed by atoms with Gasteiger partial charge in [-0.1, -0.05) is 23.7 Å². The van der Waals surface area contributed by atoms with Crippen molar-refractivity contribution in [2.75, 3.05) is 13.7 Å². The van der Waals surface area contributed by atoms with E-state index in [0.717, 1.165) is 5.56 Å². The lowest BCUT2D eigenvalue weighted by Crippen LogP contribution is -2.26. The predicted octanol–water partition coefficient (Wildman–Crippen LogP) is 3.01. The Hall–Kier alpha value is -1.63. The molecule has 0 aliphatic rings. The van der Waals surface area contributed by atoms with Crippen LogP contribution in [0.4, 0.5) is 4.39 Å². The van der Waals surface area contributed by atoms with Gasteiger partial charge in [0.05, 0.1) is 17.0 Å². The first-order valence-corrected chi connectivity index (χ1v) is 8.36. The second-order valence-corrected chi connectivity index (χ2v) is 6.74. The van der Waals surface area contributed by atoms with Crippen molar-refractivity contribution in [3.63, 3.8) is 0 Å². The number of ether oxygens (including phenoxy) is 1. The smallest absolute Gasteiger partial charge is 0.240 e. The van der Waals surface area contributed by atoms with Crippen molar-refractivity contribution in [1.29, 1.82) is 0 Å². The molecule has 2 rings (SSSR count). The van der Waals surface area contributed by atoms with Gasteiger partial charge in [-0.2, -0.15) is 0 Å². The maximum Gasteiger partial charge on any atom is 0.240 e. The summed E-state index contributed by atoms with van der Waals surface area (Å²) in [4.78, 5) is 0.0670. The molecule has 0 radical (unpaired) electrons. The number of hydrogen-bond acceptors (Lipinski definition) is 3. The van der Waals surface area contributed by atoms with E-state index in [4.69, 9.17) is 16.3 Å². The molecule has 0 spiro atoms. The number of nitrogens with one attached hydrogen (secondary N) is 1. The summed E-state index contributed by atoms with van der Waals surface area (Å²) in [5.74, 6) is 0.0872. The van der Waals surface area contributed by atoms with Gasteiger partial charge in [0.1, 0.15) is 11.6 Å². The maximum absolute atomic E-state index is 12.8. The van der Waals surface area contributed by atoms with Crippen LogP contribution in [0.2, 0.25) is 5.02 Å². The van der Waals surface area contributed by atoms with Gasteiger partial charge >= 0.3 is 0 Å². The monoisotopic (exact) mass is 343 g/mol. The molecule has 1 N–H and O–H groups in total. The van der Waals surface area contributed by atoms with Gasteiger partial charge in [-0.15, -0.1) is 0 Å². The zero-order valence-electron chi connectivity index (χ0n) is 11.8. The molecular formula is C15H15ClFNO3S. The van der Waals surface area contributed by atoms with Crippen LogP contribution in [0.5, 0.6) is 5.75 Å².